The minimum absolute atomic E-state index is 0.147. The van der Waals surface area contributed by atoms with E-state index in [9.17, 15) is 4.79 Å². The summed E-state index contributed by atoms with van der Waals surface area (Å²) in [6, 6.07) is 10.2. The lowest BCUT2D eigenvalue weighted by Gasteiger charge is -2.12. The second kappa shape index (κ2) is 6.31. The highest BCUT2D eigenvalue weighted by molar-refractivity contribution is 5.90. The molecule has 0 radical (unpaired) electrons. The summed E-state index contributed by atoms with van der Waals surface area (Å²) in [6.45, 7) is 5.86. The zero-order valence-electron chi connectivity index (χ0n) is 12.7. The van der Waals surface area contributed by atoms with E-state index < -0.39 is 0 Å². The number of carbonyl (C=O) groups is 1. The number of rotatable bonds is 4. The molecule has 1 heterocycles. The fourth-order valence-electron chi connectivity index (χ4n) is 1.64. The number of hydrogen-bond acceptors (Lipinski definition) is 5. The molecule has 0 bridgehead atoms. The second-order valence-electron chi connectivity index (χ2n) is 5.80. The lowest BCUT2D eigenvalue weighted by molar-refractivity contribution is -0.118. The van der Waals surface area contributed by atoms with E-state index in [2.05, 4.69) is 10.5 Å². The molecule has 6 heteroatoms. The molecular formula is C16H17N3O3. The third kappa shape index (κ3) is 4.09. The van der Waals surface area contributed by atoms with Crippen LogP contribution in [0.25, 0.3) is 0 Å². The van der Waals surface area contributed by atoms with Gasteiger partial charge in [-0.1, -0.05) is 25.9 Å². The molecule has 22 heavy (non-hydrogen) atoms. The van der Waals surface area contributed by atoms with Crippen LogP contribution in [0.2, 0.25) is 0 Å². The number of anilines is 1. The van der Waals surface area contributed by atoms with Gasteiger partial charge in [0.15, 0.2) is 6.61 Å². The highest BCUT2D eigenvalue weighted by atomic mass is 16.5. The van der Waals surface area contributed by atoms with Crippen molar-refractivity contribution in [2.75, 3.05) is 11.9 Å². The van der Waals surface area contributed by atoms with E-state index in [1.807, 2.05) is 26.8 Å². The van der Waals surface area contributed by atoms with E-state index in [4.69, 9.17) is 14.5 Å². The Bertz CT molecular complexity index is 691. The molecule has 0 aliphatic heterocycles. The summed E-state index contributed by atoms with van der Waals surface area (Å²) in [5.74, 6) is 0.460. The Morgan fingerprint density at radius 3 is 2.59 bits per heavy atom. The zero-order valence-corrected chi connectivity index (χ0v) is 12.7. The predicted molar refractivity (Wildman–Crippen MR) is 80.5 cm³/mol. The SMILES string of the molecule is CC(C)(C)c1cc(NC(=O)COc2ccc(C#N)cc2)on1. The van der Waals surface area contributed by atoms with Crippen LogP contribution >= 0.6 is 0 Å². The number of nitriles is 1. The molecule has 1 amide bonds. The molecule has 0 saturated carbocycles. The number of amides is 1. The van der Waals surface area contributed by atoms with Crippen molar-refractivity contribution in [3.8, 4) is 11.8 Å². The first-order valence-corrected chi connectivity index (χ1v) is 6.78. The van der Waals surface area contributed by atoms with Gasteiger partial charge in [0.25, 0.3) is 5.91 Å². The van der Waals surface area contributed by atoms with Crippen LogP contribution in [0.4, 0.5) is 5.88 Å². The van der Waals surface area contributed by atoms with E-state index in [1.54, 1.807) is 30.3 Å². The zero-order chi connectivity index (χ0) is 16.2. The molecule has 1 N–H and O–H groups in total. The summed E-state index contributed by atoms with van der Waals surface area (Å²) in [7, 11) is 0. The monoisotopic (exact) mass is 299 g/mol. The van der Waals surface area contributed by atoms with Gasteiger partial charge < -0.3 is 9.26 Å². The number of carbonyl (C=O) groups excluding carboxylic acids is 1. The molecule has 1 aromatic heterocycles. The molecule has 0 aliphatic carbocycles. The molecule has 0 spiro atoms. The van der Waals surface area contributed by atoms with E-state index in [-0.39, 0.29) is 17.9 Å². The number of hydrogen-bond donors (Lipinski definition) is 1. The van der Waals surface area contributed by atoms with Gasteiger partial charge >= 0.3 is 0 Å². The Labute approximate surface area is 128 Å². The van der Waals surface area contributed by atoms with Crippen LogP contribution in [0.1, 0.15) is 32.0 Å². The average Bonchev–Trinajstić information content (AvgIpc) is 2.94. The third-order valence-electron chi connectivity index (χ3n) is 2.89. The summed E-state index contributed by atoms with van der Waals surface area (Å²) in [5.41, 5.74) is 1.15. The largest absolute Gasteiger partial charge is 0.484 e. The maximum absolute atomic E-state index is 11.8. The Morgan fingerprint density at radius 1 is 1.36 bits per heavy atom. The van der Waals surface area contributed by atoms with Gasteiger partial charge in [-0.15, -0.1) is 0 Å². The van der Waals surface area contributed by atoms with Crippen LogP contribution in [0.5, 0.6) is 5.75 Å². The topological polar surface area (TPSA) is 88.1 Å². The fourth-order valence-corrected chi connectivity index (χ4v) is 1.64. The number of aromatic nitrogens is 1. The van der Waals surface area contributed by atoms with Crippen molar-refractivity contribution in [1.29, 1.82) is 5.26 Å². The summed E-state index contributed by atoms with van der Waals surface area (Å²) in [4.78, 5) is 11.8. The van der Waals surface area contributed by atoms with Crippen molar-refractivity contribution in [1.82, 2.24) is 5.16 Å². The van der Waals surface area contributed by atoms with E-state index in [0.717, 1.165) is 5.69 Å². The van der Waals surface area contributed by atoms with E-state index in [0.29, 0.717) is 17.2 Å². The van der Waals surface area contributed by atoms with Crippen molar-refractivity contribution in [3.05, 3.63) is 41.6 Å². The Morgan fingerprint density at radius 2 is 2.05 bits per heavy atom. The molecule has 0 unspecified atom stereocenters. The lowest BCUT2D eigenvalue weighted by Crippen LogP contribution is -2.19. The minimum Gasteiger partial charge on any atom is -0.484 e. The molecule has 2 aromatic rings. The Balaban J connectivity index is 1.87. The maximum atomic E-state index is 11.8. The first-order chi connectivity index (χ1) is 10.4. The van der Waals surface area contributed by atoms with Crippen LogP contribution < -0.4 is 10.1 Å². The molecule has 6 nitrogen and oxygen atoms in total. The summed E-state index contributed by atoms with van der Waals surface area (Å²) >= 11 is 0. The number of nitrogens with zero attached hydrogens (tertiary/aromatic N) is 2. The molecule has 1 aromatic carbocycles. The minimum atomic E-state index is -0.346. The highest BCUT2D eigenvalue weighted by Crippen LogP contribution is 2.23. The van der Waals surface area contributed by atoms with Crippen LogP contribution in [0, 0.1) is 11.3 Å². The number of benzene rings is 1. The molecule has 0 aliphatic rings. The van der Waals surface area contributed by atoms with Gasteiger partial charge in [0.1, 0.15) is 5.75 Å². The quantitative estimate of drug-likeness (QED) is 0.937. The fraction of sp³-hybridized carbons (Fsp3) is 0.312. The van der Waals surface area contributed by atoms with Crippen LogP contribution in [-0.4, -0.2) is 17.7 Å². The Kier molecular flexibility index (Phi) is 4.47. The standard InChI is InChI=1S/C16H17N3O3/c1-16(2,3)13-8-15(22-19-13)18-14(20)10-21-12-6-4-11(9-17)5-7-12/h4-8H,10H2,1-3H3,(H,18,20). The van der Waals surface area contributed by atoms with Crippen LogP contribution in [0.15, 0.2) is 34.9 Å². The number of ether oxygens (including phenoxy) is 1. The van der Waals surface area contributed by atoms with Gasteiger partial charge in [0, 0.05) is 11.5 Å². The normalized spacial score (nSPS) is 10.8. The van der Waals surface area contributed by atoms with Gasteiger partial charge in [-0.05, 0) is 24.3 Å². The molecule has 114 valence electrons. The molecule has 0 saturated heterocycles. The van der Waals surface area contributed by atoms with Gasteiger partial charge in [0.2, 0.25) is 5.88 Å². The first-order valence-electron chi connectivity index (χ1n) is 6.78. The maximum Gasteiger partial charge on any atom is 0.264 e. The van der Waals surface area contributed by atoms with Crippen LogP contribution in [-0.2, 0) is 10.2 Å². The smallest absolute Gasteiger partial charge is 0.264 e. The predicted octanol–water partition coefficient (Wildman–Crippen LogP) is 2.86. The third-order valence-corrected chi connectivity index (χ3v) is 2.89. The van der Waals surface area contributed by atoms with Gasteiger partial charge in [-0.25, -0.2) is 0 Å². The van der Waals surface area contributed by atoms with Crippen LogP contribution in [0.3, 0.4) is 0 Å². The second-order valence-corrected chi connectivity index (χ2v) is 5.80. The molecule has 2 rings (SSSR count). The summed E-state index contributed by atoms with van der Waals surface area (Å²) < 4.78 is 10.4. The molecular weight excluding hydrogens is 282 g/mol. The highest BCUT2D eigenvalue weighted by Gasteiger charge is 2.19. The van der Waals surface area contributed by atoms with Gasteiger partial charge in [-0.2, -0.15) is 5.26 Å². The van der Waals surface area contributed by atoms with Gasteiger partial charge in [-0.3, -0.25) is 10.1 Å². The molecule has 0 atom stereocenters. The van der Waals surface area contributed by atoms with E-state index in [1.165, 1.54) is 0 Å². The summed E-state index contributed by atoms with van der Waals surface area (Å²) in [6.07, 6.45) is 0. The molecule has 0 fully saturated rings. The average molecular weight is 299 g/mol. The van der Waals surface area contributed by atoms with Crippen molar-refractivity contribution in [3.63, 3.8) is 0 Å². The van der Waals surface area contributed by atoms with Crippen molar-refractivity contribution in [2.24, 2.45) is 0 Å². The van der Waals surface area contributed by atoms with Crippen molar-refractivity contribution in [2.45, 2.75) is 26.2 Å². The summed E-state index contributed by atoms with van der Waals surface area (Å²) in [5, 5.41) is 15.2. The first kappa shape index (κ1) is 15.6. The lowest BCUT2D eigenvalue weighted by atomic mass is 9.92. The van der Waals surface area contributed by atoms with Crippen molar-refractivity contribution < 1.29 is 14.1 Å². The van der Waals surface area contributed by atoms with E-state index >= 15 is 0 Å². The van der Waals surface area contributed by atoms with Crippen molar-refractivity contribution >= 4 is 11.8 Å². The number of nitrogens with one attached hydrogen (secondary N) is 1. The van der Waals surface area contributed by atoms with Gasteiger partial charge in [0.05, 0.1) is 17.3 Å². The Hall–Kier alpha value is -2.81.